The first kappa shape index (κ1) is 24.4. The van der Waals surface area contributed by atoms with E-state index >= 15 is 0 Å². The smallest absolute Gasteiger partial charge is 0.495 e. The van der Waals surface area contributed by atoms with Gasteiger partial charge >= 0.3 is 12.3 Å². The summed E-state index contributed by atoms with van der Waals surface area (Å²) in [5.41, 5.74) is 1.27. The Balaban J connectivity index is 2.22. The molecule has 10 heteroatoms. The van der Waals surface area contributed by atoms with Crippen molar-refractivity contribution in [2.24, 2.45) is 5.92 Å². The van der Waals surface area contributed by atoms with Gasteiger partial charge in [0.1, 0.15) is 11.5 Å². The van der Waals surface area contributed by atoms with E-state index in [1.54, 1.807) is 26.8 Å². The number of fused-ring (bicyclic) bond motifs is 1. The molecule has 0 aliphatic heterocycles. The third-order valence-electron chi connectivity index (χ3n) is 5.31. The van der Waals surface area contributed by atoms with Crippen LogP contribution in [-0.4, -0.2) is 35.0 Å². The van der Waals surface area contributed by atoms with Gasteiger partial charge in [-0.05, 0) is 54.8 Å². The number of benzene rings is 2. The summed E-state index contributed by atoms with van der Waals surface area (Å²) < 4.78 is 47.8. The molecule has 0 amide bonds. The molecule has 1 aromatic heterocycles. The van der Waals surface area contributed by atoms with Gasteiger partial charge in [-0.15, -0.1) is 13.2 Å². The predicted molar refractivity (Wildman–Crippen MR) is 116 cm³/mol. The van der Waals surface area contributed by atoms with Crippen LogP contribution >= 0.6 is 11.6 Å². The van der Waals surface area contributed by atoms with Crippen molar-refractivity contribution in [2.45, 2.75) is 33.1 Å². The lowest BCUT2D eigenvalue weighted by atomic mass is 9.86. The van der Waals surface area contributed by atoms with Crippen molar-refractivity contribution in [1.29, 1.82) is 0 Å². The largest absolute Gasteiger partial charge is 0.573 e. The maximum Gasteiger partial charge on any atom is 0.573 e. The van der Waals surface area contributed by atoms with E-state index in [-0.39, 0.29) is 16.5 Å². The summed E-state index contributed by atoms with van der Waals surface area (Å²) in [5, 5.41) is 10.6. The summed E-state index contributed by atoms with van der Waals surface area (Å²) in [6.07, 6.45) is -4.86. The number of hydrogen-bond donors (Lipinski definition) is 1. The third kappa shape index (κ3) is 4.78. The van der Waals surface area contributed by atoms with Crippen molar-refractivity contribution >= 4 is 34.4 Å². The van der Waals surface area contributed by atoms with Gasteiger partial charge in [-0.3, -0.25) is 14.2 Å². The number of aromatic nitrogens is 1. The van der Waals surface area contributed by atoms with Crippen LogP contribution in [0.15, 0.2) is 36.4 Å². The van der Waals surface area contributed by atoms with Crippen molar-refractivity contribution < 1.29 is 37.3 Å². The number of aliphatic carboxylic acids is 1. The Labute approximate surface area is 192 Å². The highest BCUT2D eigenvalue weighted by Crippen LogP contribution is 2.40. The lowest BCUT2D eigenvalue weighted by Gasteiger charge is -2.17. The van der Waals surface area contributed by atoms with E-state index in [0.29, 0.717) is 27.9 Å². The van der Waals surface area contributed by atoms with Crippen molar-refractivity contribution in [3.8, 4) is 11.5 Å². The van der Waals surface area contributed by atoms with Crippen LogP contribution in [0.25, 0.3) is 10.9 Å². The van der Waals surface area contributed by atoms with E-state index in [2.05, 4.69) is 4.74 Å². The molecule has 1 atom stereocenters. The van der Waals surface area contributed by atoms with E-state index in [0.717, 1.165) is 12.1 Å². The monoisotopic (exact) mass is 483 g/mol. The SMILES string of the molecule is COc1cc2c(C(C(=O)O)C(C)C)c(C)n(C(=O)c3ccc(OC(F)(F)F)cc3)c2cc1Cl. The van der Waals surface area contributed by atoms with Gasteiger partial charge in [-0.2, -0.15) is 0 Å². The number of carboxylic acid groups (broad SMARTS) is 1. The van der Waals surface area contributed by atoms with Crippen LogP contribution in [0.1, 0.15) is 41.4 Å². The first-order chi connectivity index (χ1) is 15.4. The Hall–Kier alpha value is -3.20. The number of rotatable bonds is 6. The predicted octanol–water partition coefficient (Wildman–Crippen LogP) is 6.02. The molecular weight excluding hydrogens is 463 g/mol. The number of hydrogen-bond acceptors (Lipinski definition) is 4. The zero-order chi connectivity index (χ0) is 24.7. The maximum absolute atomic E-state index is 13.4. The Kier molecular flexibility index (Phi) is 6.65. The first-order valence-corrected chi connectivity index (χ1v) is 10.2. The number of carboxylic acids is 1. The molecule has 3 rings (SSSR count). The lowest BCUT2D eigenvalue weighted by Crippen LogP contribution is -2.20. The van der Waals surface area contributed by atoms with Gasteiger partial charge in [0.25, 0.3) is 5.91 Å². The molecule has 0 radical (unpaired) electrons. The molecule has 0 fully saturated rings. The Morgan fingerprint density at radius 1 is 1.12 bits per heavy atom. The number of halogens is 4. The quantitative estimate of drug-likeness (QED) is 0.463. The van der Waals surface area contributed by atoms with Crippen LogP contribution in [0.2, 0.25) is 5.02 Å². The molecule has 6 nitrogen and oxygen atoms in total. The molecule has 2 aromatic carbocycles. The highest BCUT2D eigenvalue weighted by Gasteiger charge is 2.33. The van der Waals surface area contributed by atoms with Gasteiger partial charge in [0.2, 0.25) is 0 Å². The fraction of sp³-hybridized carbons (Fsp3) is 0.304. The van der Waals surface area contributed by atoms with Gasteiger partial charge < -0.3 is 14.6 Å². The summed E-state index contributed by atoms with van der Waals surface area (Å²) in [5.74, 6) is -2.98. The molecule has 0 saturated carbocycles. The average molecular weight is 484 g/mol. The zero-order valence-corrected chi connectivity index (χ0v) is 18.9. The van der Waals surface area contributed by atoms with Crippen LogP contribution in [0, 0.1) is 12.8 Å². The van der Waals surface area contributed by atoms with E-state index in [1.807, 2.05) is 0 Å². The summed E-state index contributed by atoms with van der Waals surface area (Å²) in [7, 11) is 1.42. The highest BCUT2D eigenvalue weighted by atomic mass is 35.5. The highest BCUT2D eigenvalue weighted by molar-refractivity contribution is 6.33. The second kappa shape index (κ2) is 8.97. The molecule has 1 N–H and O–H groups in total. The normalized spacial score (nSPS) is 12.8. The Morgan fingerprint density at radius 3 is 2.21 bits per heavy atom. The second-order valence-corrected chi connectivity index (χ2v) is 8.18. The van der Waals surface area contributed by atoms with Crippen molar-refractivity contribution in [3.63, 3.8) is 0 Å². The fourth-order valence-electron chi connectivity index (χ4n) is 3.92. The Bertz CT molecular complexity index is 1220. The van der Waals surface area contributed by atoms with Gasteiger partial charge in [0.15, 0.2) is 0 Å². The fourth-order valence-corrected chi connectivity index (χ4v) is 4.16. The second-order valence-electron chi connectivity index (χ2n) is 7.78. The van der Waals surface area contributed by atoms with Crippen LogP contribution in [-0.2, 0) is 4.79 Å². The molecule has 176 valence electrons. The van der Waals surface area contributed by atoms with Gasteiger partial charge in [0.05, 0.1) is 23.6 Å². The molecule has 0 saturated heterocycles. The Morgan fingerprint density at radius 2 is 1.73 bits per heavy atom. The minimum atomic E-state index is -4.86. The molecule has 0 aliphatic rings. The van der Waals surface area contributed by atoms with Gasteiger partial charge in [0, 0.05) is 16.6 Å². The number of carbonyl (C=O) groups excluding carboxylic acids is 1. The molecule has 3 aromatic rings. The summed E-state index contributed by atoms with van der Waals surface area (Å²) in [6.45, 7) is 5.14. The number of methoxy groups -OCH3 is 1. The average Bonchev–Trinajstić information content (AvgIpc) is 2.96. The number of alkyl halides is 3. The van der Waals surface area contributed by atoms with Crippen molar-refractivity contribution in [1.82, 2.24) is 4.57 Å². The minimum Gasteiger partial charge on any atom is -0.495 e. The van der Waals surface area contributed by atoms with Crippen LogP contribution < -0.4 is 9.47 Å². The molecule has 0 aliphatic carbocycles. The van der Waals surface area contributed by atoms with Crippen molar-refractivity contribution in [2.75, 3.05) is 7.11 Å². The number of nitrogens with zero attached hydrogens (tertiary/aromatic N) is 1. The molecule has 1 unspecified atom stereocenters. The van der Waals surface area contributed by atoms with E-state index < -0.39 is 29.9 Å². The molecule has 1 heterocycles. The van der Waals surface area contributed by atoms with Crippen LogP contribution in [0.3, 0.4) is 0 Å². The standard InChI is InChI=1S/C23H21ClF3NO5/c1-11(2)19(22(30)31)20-12(3)28(17-10-16(24)18(32-4)9-15(17)20)21(29)13-5-7-14(8-6-13)33-23(25,26)27/h5-11,19H,1-4H3,(H,30,31). The van der Waals surface area contributed by atoms with Gasteiger partial charge in [-0.1, -0.05) is 25.4 Å². The maximum atomic E-state index is 13.4. The topological polar surface area (TPSA) is 77.8 Å². The molecule has 33 heavy (non-hydrogen) atoms. The first-order valence-electron chi connectivity index (χ1n) is 9.87. The third-order valence-corrected chi connectivity index (χ3v) is 5.60. The van der Waals surface area contributed by atoms with E-state index in [1.165, 1.54) is 29.9 Å². The van der Waals surface area contributed by atoms with E-state index in [9.17, 15) is 27.9 Å². The van der Waals surface area contributed by atoms with E-state index in [4.69, 9.17) is 16.3 Å². The van der Waals surface area contributed by atoms with Crippen LogP contribution in [0.4, 0.5) is 13.2 Å². The molecular formula is C23H21ClF3NO5. The van der Waals surface area contributed by atoms with Crippen molar-refractivity contribution in [3.05, 3.63) is 58.2 Å². The van der Waals surface area contributed by atoms with Crippen LogP contribution in [0.5, 0.6) is 11.5 Å². The zero-order valence-electron chi connectivity index (χ0n) is 18.2. The molecule has 0 spiro atoms. The number of carbonyl (C=O) groups is 2. The van der Waals surface area contributed by atoms with Gasteiger partial charge in [-0.25, -0.2) is 0 Å². The summed E-state index contributed by atoms with van der Waals surface area (Å²) in [6, 6.07) is 7.57. The molecule has 0 bridgehead atoms. The number of ether oxygens (including phenoxy) is 2. The lowest BCUT2D eigenvalue weighted by molar-refractivity contribution is -0.274. The summed E-state index contributed by atoms with van der Waals surface area (Å²) in [4.78, 5) is 25.5. The minimum absolute atomic E-state index is 0.0828. The summed E-state index contributed by atoms with van der Waals surface area (Å²) >= 11 is 6.29.